The van der Waals surface area contributed by atoms with E-state index < -0.39 is 0 Å². The van der Waals surface area contributed by atoms with Crippen LogP contribution in [0.3, 0.4) is 0 Å². The number of piperidine rings is 2. The summed E-state index contributed by atoms with van der Waals surface area (Å²) in [5.74, 6) is 1.96. The molecule has 3 heteroatoms. The molecule has 2 saturated heterocycles. The topological polar surface area (TPSA) is 32.3 Å². The van der Waals surface area contributed by atoms with E-state index >= 15 is 0 Å². The highest BCUT2D eigenvalue weighted by atomic mass is 16.2. The minimum absolute atomic E-state index is 0.106. The number of rotatable bonds is 2. The van der Waals surface area contributed by atoms with Gasteiger partial charge in [0.1, 0.15) is 0 Å². The van der Waals surface area contributed by atoms with Gasteiger partial charge in [0.2, 0.25) is 5.91 Å². The number of nitrogens with zero attached hydrogens (tertiary/aromatic N) is 1. The molecule has 0 aromatic carbocycles. The van der Waals surface area contributed by atoms with Gasteiger partial charge in [0.25, 0.3) is 0 Å². The molecular formula is C17H30N2O. The minimum atomic E-state index is 0.106. The normalized spacial score (nSPS) is 38.4. The lowest BCUT2D eigenvalue weighted by atomic mass is 9.78. The Hall–Kier alpha value is -0.570. The van der Waals surface area contributed by atoms with Crippen molar-refractivity contribution in [3.8, 4) is 0 Å². The van der Waals surface area contributed by atoms with Gasteiger partial charge in [0.05, 0.1) is 6.04 Å². The standard InChI is InChI=1S/C17H30N2O/c1-2-13-9-10-18-15(12-13)17(20)19-11-5-7-14-6-3-4-8-16(14)19/h13-16,18H,2-12H2,1H3/t13?,14-,15?,16-/m1/s1. The number of hydrogen-bond donors (Lipinski definition) is 1. The highest BCUT2D eigenvalue weighted by Crippen LogP contribution is 2.36. The fourth-order valence-electron chi connectivity index (χ4n) is 4.65. The fourth-order valence-corrected chi connectivity index (χ4v) is 4.65. The molecule has 0 aromatic rings. The van der Waals surface area contributed by atoms with E-state index in [-0.39, 0.29) is 6.04 Å². The van der Waals surface area contributed by atoms with E-state index in [1.165, 1.54) is 51.4 Å². The third-order valence-electron chi connectivity index (χ3n) is 5.91. The lowest BCUT2D eigenvalue weighted by Gasteiger charge is -2.46. The molecule has 1 saturated carbocycles. The quantitative estimate of drug-likeness (QED) is 0.842. The summed E-state index contributed by atoms with van der Waals surface area (Å²) in [4.78, 5) is 15.2. The first-order chi connectivity index (χ1) is 9.79. The zero-order valence-corrected chi connectivity index (χ0v) is 12.9. The van der Waals surface area contributed by atoms with Crippen molar-refractivity contribution in [3.05, 3.63) is 0 Å². The van der Waals surface area contributed by atoms with Crippen molar-refractivity contribution in [2.45, 2.75) is 76.8 Å². The minimum Gasteiger partial charge on any atom is -0.338 e. The Balaban J connectivity index is 1.65. The van der Waals surface area contributed by atoms with E-state index in [2.05, 4.69) is 17.1 Å². The average Bonchev–Trinajstić information content (AvgIpc) is 2.53. The van der Waals surface area contributed by atoms with Crippen molar-refractivity contribution in [2.24, 2.45) is 11.8 Å². The molecular weight excluding hydrogens is 248 g/mol. The Kier molecular flexibility index (Phi) is 4.65. The predicted molar refractivity (Wildman–Crippen MR) is 81.5 cm³/mol. The fraction of sp³-hybridized carbons (Fsp3) is 0.941. The van der Waals surface area contributed by atoms with Crippen molar-refractivity contribution < 1.29 is 4.79 Å². The zero-order chi connectivity index (χ0) is 13.9. The maximum atomic E-state index is 12.9. The smallest absolute Gasteiger partial charge is 0.239 e. The second-order valence-corrected chi connectivity index (χ2v) is 7.09. The summed E-state index contributed by atoms with van der Waals surface area (Å²) in [5.41, 5.74) is 0. The lowest BCUT2D eigenvalue weighted by molar-refractivity contribution is -0.140. The van der Waals surface area contributed by atoms with Crippen LogP contribution in [0.1, 0.15) is 64.7 Å². The van der Waals surface area contributed by atoms with Crippen LogP contribution in [-0.2, 0) is 4.79 Å². The number of carbonyl (C=O) groups excluding carboxylic acids is 1. The van der Waals surface area contributed by atoms with Crippen molar-refractivity contribution in [1.82, 2.24) is 10.2 Å². The van der Waals surface area contributed by atoms with E-state index in [0.717, 1.165) is 31.3 Å². The first kappa shape index (κ1) is 14.4. The molecule has 1 amide bonds. The van der Waals surface area contributed by atoms with Crippen LogP contribution in [0.5, 0.6) is 0 Å². The van der Waals surface area contributed by atoms with Crippen LogP contribution in [0.25, 0.3) is 0 Å². The van der Waals surface area contributed by atoms with Gasteiger partial charge in [0.15, 0.2) is 0 Å². The number of amides is 1. The Morgan fingerprint density at radius 3 is 2.80 bits per heavy atom. The molecule has 0 spiro atoms. The highest BCUT2D eigenvalue weighted by Gasteiger charge is 2.38. The molecule has 1 aliphatic carbocycles. The molecule has 2 unspecified atom stereocenters. The molecule has 2 heterocycles. The molecule has 2 aliphatic heterocycles. The molecule has 20 heavy (non-hydrogen) atoms. The van der Waals surface area contributed by atoms with Crippen molar-refractivity contribution in [2.75, 3.05) is 13.1 Å². The molecule has 0 bridgehead atoms. The van der Waals surface area contributed by atoms with Crippen LogP contribution in [0, 0.1) is 11.8 Å². The maximum absolute atomic E-state index is 12.9. The van der Waals surface area contributed by atoms with Crippen molar-refractivity contribution >= 4 is 5.91 Å². The summed E-state index contributed by atoms with van der Waals surface area (Å²) in [6.07, 6.45) is 11.4. The van der Waals surface area contributed by atoms with Crippen molar-refractivity contribution in [1.29, 1.82) is 0 Å². The van der Waals surface area contributed by atoms with Crippen molar-refractivity contribution in [3.63, 3.8) is 0 Å². The van der Waals surface area contributed by atoms with E-state index in [0.29, 0.717) is 11.9 Å². The monoisotopic (exact) mass is 278 g/mol. The van der Waals surface area contributed by atoms with Gasteiger partial charge in [-0.3, -0.25) is 4.79 Å². The summed E-state index contributed by atoms with van der Waals surface area (Å²) in [6, 6.07) is 0.670. The number of nitrogens with one attached hydrogen (secondary N) is 1. The highest BCUT2D eigenvalue weighted by molar-refractivity contribution is 5.82. The van der Waals surface area contributed by atoms with Gasteiger partial charge in [-0.2, -0.15) is 0 Å². The maximum Gasteiger partial charge on any atom is 0.239 e. The number of fused-ring (bicyclic) bond motifs is 1. The summed E-state index contributed by atoms with van der Waals surface area (Å²) >= 11 is 0. The Morgan fingerprint density at radius 2 is 1.95 bits per heavy atom. The van der Waals surface area contributed by atoms with Crippen LogP contribution in [-0.4, -0.2) is 36.0 Å². The third kappa shape index (κ3) is 2.88. The lowest BCUT2D eigenvalue weighted by Crippen LogP contribution is -2.57. The van der Waals surface area contributed by atoms with E-state index in [9.17, 15) is 4.79 Å². The predicted octanol–water partition coefficient (Wildman–Crippen LogP) is 2.95. The molecule has 0 aromatic heterocycles. The molecule has 3 rings (SSSR count). The van der Waals surface area contributed by atoms with Gasteiger partial charge in [-0.05, 0) is 56.9 Å². The SMILES string of the molecule is CCC1CCNC(C(=O)N2CCC[C@H]3CCCC[C@H]32)C1. The molecule has 1 N–H and O–H groups in total. The van der Waals surface area contributed by atoms with E-state index in [4.69, 9.17) is 0 Å². The summed E-state index contributed by atoms with van der Waals surface area (Å²) in [5, 5.41) is 3.48. The van der Waals surface area contributed by atoms with Crippen LogP contribution in [0.4, 0.5) is 0 Å². The molecule has 3 aliphatic rings. The largest absolute Gasteiger partial charge is 0.338 e. The van der Waals surface area contributed by atoms with E-state index in [1.807, 2.05) is 0 Å². The first-order valence-electron chi connectivity index (χ1n) is 8.83. The van der Waals surface area contributed by atoms with Crippen LogP contribution in [0.15, 0.2) is 0 Å². The Morgan fingerprint density at radius 1 is 1.15 bits per heavy atom. The summed E-state index contributed by atoms with van der Waals surface area (Å²) in [7, 11) is 0. The van der Waals surface area contributed by atoms with Gasteiger partial charge >= 0.3 is 0 Å². The van der Waals surface area contributed by atoms with Gasteiger partial charge < -0.3 is 10.2 Å². The third-order valence-corrected chi connectivity index (χ3v) is 5.91. The average molecular weight is 278 g/mol. The molecule has 114 valence electrons. The molecule has 3 fully saturated rings. The van der Waals surface area contributed by atoms with Gasteiger partial charge in [0, 0.05) is 12.6 Å². The Labute approximate surface area is 123 Å². The van der Waals surface area contributed by atoms with Crippen LogP contribution >= 0.6 is 0 Å². The molecule has 3 nitrogen and oxygen atoms in total. The van der Waals surface area contributed by atoms with Crippen LogP contribution < -0.4 is 5.32 Å². The summed E-state index contributed by atoms with van der Waals surface area (Å²) in [6.45, 7) is 4.29. The van der Waals surface area contributed by atoms with E-state index in [1.54, 1.807) is 0 Å². The van der Waals surface area contributed by atoms with Crippen LogP contribution in [0.2, 0.25) is 0 Å². The number of likely N-dealkylation sites (tertiary alicyclic amines) is 1. The second kappa shape index (κ2) is 6.46. The zero-order valence-electron chi connectivity index (χ0n) is 12.9. The number of carbonyl (C=O) groups is 1. The summed E-state index contributed by atoms with van der Waals surface area (Å²) < 4.78 is 0. The van der Waals surface area contributed by atoms with Gasteiger partial charge in [-0.15, -0.1) is 0 Å². The van der Waals surface area contributed by atoms with Gasteiger partial charge in [-0.25, -0.2) is 0 Å². The first-order valence-corrected chi connectivity index (χ1v) is 8.83. The molecule has 4 atom stereocenters. The van der Waals surface area contributed by atoms with Gasteiger partial charge in [-0.1, -0.05) is 26.2 Å². The Bertz CT molecular complexity index is 342. The second-order valence-electron chi connectivity index (χ2n) is 7.09. The molecule has 0 radical (unpaired) electrons. The number of hydrogen-bond acceptors (Lipinski definition) is 2.